The zero-order chi connectivity index (χ0) is 16.3. The summed E-state index contributed by atoms with van der Waals surface area (Å²) in [4.78, 5) is 0. The van der Waals surface area contributed by atoms with Crippen LogP contribution in [0.5, 0.6) is 0 Å². The highest BCUT2D eigenvalue weighted by molar-refractivity contribution is 5.54. The van der Waals surface area contributed by atoms with Gasteiger partial charge in [-0.05, 0) is 84.1 Å². The highest BCUT2D eigenvalue weighted by Crippen LogP contribution is 2.58. The molecule has 2 rings (SSSR count). The van der Waals surface area contributed by atoms with Gasteiger partial charge < -0.3 is 0 Å². The Morgan fingerprint density at radius 3 is 0.857 bits per heavy atom. The Balaban J connectivity index is 2.54. The highest BCUT2D eigenvalue weighted by atomic mass is 14.5. The highest BCUT2D eigenvalue weighted by Gasteiger charge is 2.45. The van der Waals surface area contributed by atoms with E-state index in [0.29, 0.717) is 0 Å². The first-order chi connectivity index (χ1) is 9.48. The second-order valence-corrected chi connectivity index (χ2v) is 7.84. The lowest BCUT2D eigenvalue weighted by Crippen LogP contribution is -2.29. The van der Waals surface area contributed by atoms with Crippen LogP contribution in [0.3, 0.4) is 0 Å². The van der Waals surface area contributed by atoms with E-state index in [1.165, 1.54) is 28.7 Å². The van der Waals surface area contributed by atoms with Crippen LogP contribution in [0.4, 0.5) is 0 Å². The first kappa shape index (κ1) is 16.3. The van der Waals surface area contributed by atoms with Gasteiger partial charge in [0.1, 0.15) is 0 Å². The summed E-state index contributed by atoms with van der Waals surface area (Å²) in [5, 5.41) is 0. The summed E-state index contributed by atoms with van der Waals surface area (Å²) in [7, 11) is 0. The topological polar surface area (TPSA) is 0 Å². The molecule has 2 aliphatic rings. The van der Waals surface area contributed by atoms with Gasteiger partial charge >= 0.3 is 0 Å². The summed E-state index contributed by atoms with van der Waals surface area (Å²) in [5.41, 5.74) is 12.7. The van der Waals surface area contributed by atoms with E-state index in [1.807, 2.05) is 0 Å². The molecular formula is C21H32. The van der Waals surface area contributed by atoms with Gasteiger partial charge in [-0.1, -0.05) is 36.1 Å². The second-order valence-electron chi connectivity index (χ2n) is 7.84. The predicted octanol–water partition coefficient (Wildman–Crippen LogP) is 6.76. The van der Waals surface area contributed by atoms with Crippen molar-refractivity contribution in [2.24, 2.45) is 10.8 Å². The molecule has 0 atom stereocenters. The third-order valence-corrected chi connectivity index (χ3v) is 7.39. The van der Waals surface area contributed by atoms with Crippen molar-refractivity contribution >= 4 is 0 Å². The monoisotopic (exact) mass is 284 g/mol. The van der Waals surface area contributed by atoms with Crippen molar-refractivity contribution in [1.29, 1.82) is 0 Å². The number of hydrogen-bond acceptors (Lipinski definition) is 0. The lowest BCUT2D eigenvalue weighted by Gasteiger charge is -2.40. The van der Waals surface area contributed by atoms with Crippen molar-refractivity contribution in [2.75, 3.05) is 0 Å². The number of hydrogen-bond donors (Lipinski definition) is 0. The van der Waals surface area contributed by atoms with Gasteiger partial charge in [-0.15, -0.1) is 0 Å². The molecule has 2 aliphatic carbocycles. The van der Waals surface area contributed by atoms with Gasteiger partial charge in [0.15, 0.2) is 0 Å². The molecule has 0 spiro atoms. The van der Waals surface area contributed by atoms with Crippen LogP contribution in [0.15, 0.2) is 44.6 Å². The standard InChI is InChI=1S/C21H32/c1-12-13(2)17(6)20(9,16(12)5)11-21(10)18(7)14(3)15(4)19(21)8/h11H2,1-10H3. The molecule has 0 aromatic carbocycles. The van der Waals surface area contributed by atoms with Crippen molar-refractivity contribution < 1.29 is 0 Å². The smallest absolute Gasteiger partial charge is 0.0110 e. The SMILES string of the molecule is CC1=C(C)C(C)(CC2(C)C(C)=C(C)C(C)=C2C)C(C)=C1C. The second kappa shape index (κ2) is 4.73. The van der Waals surface area contributed by atoms with E-state index in [2.05, 4.69) is 69.2 Å². The van der Waals surface area contributed by atoms with Crippen LogP contribution < -0.4 is 0 Å². The molecule has 0 heteroatoms. The van der Waals surface area contributed by atoms with Crippen LogP contribution in [-0.4, -0.2) is 0 Å². The molecule has 0 saturated heterocycles. The third kappa shape index (κ3) is 1.94. The maximum Gasteiger partial charge on any atom is 0.0110 e. The molecule has 0 saturated carbocycles. The van der Waals surface area contributed by atoms with Gasteiger partial charge in [0, 0.05) is 10.8 Å². The van der Waals surface area contributed by atoms with Crippen LogP contribution >= 0.6 is 0 Å². The maximum atomic E-state index is 2.45. The Kier molecular flexibility index (Phi) is 3.68. The van der Waals surface area contributed by atoms with Gasteiger partial charge in [-0.25, -0.2) is 0 Å². The minimum Gasteiger partial charge on any atom is -0.0601 e. The van der Waals surface area contributed by atoms with Gasteiger partial charge in [-0.3, -0.25) is 0 Å². The summed E-state index contributed by atoms with van der Waals surface area (Å²) >= 11 is 0. The molecule has 0 aromatic heterocycles. The van der Waals surface area contributed by atoms with Gasteiger partial charge in [0.25, 0.3) is 0 Å². The molecule has 0 amide bonds. The fourth-order valence-corrected chi connectivity index (χ4v) is 4.58. The Hall–Kier alpha value is -1.04. The van der Waals surface area contributed by atoms with E-state index in [0.717, 1.165) is 0 Å². The lowest BCUT2D eigenvalue weighted by atomic mass is 9.63. The summed E-state index contributed by atoms with van der Waals surface area (Å²) in [6.07, 6.45) is 1.19. The fraction of sp³-hybridized carbons (Fsp3) is 0.619. The maximum absolute atomic E-state index is 2.45. The Morgan fingerprint density at radius 2 is 0.667 bits per heavy atom. The average molecular weight is 284 g/mol. The Morgan fingerprint density at radius 1 is 0.476 bits per heavy atom. The van der Waals surface area contributed by atoms with Crippen molar-refractivity contribution in [3.05, 3.63) is 44.6 Å². The predicted molar refractivity (Wildman–Crippen MR) is 94.3 cm³/mol. The van der Waals surface area contributed by atoms with Crippen LogP contribution in [0, 0.1) is 10.8 Å². The summed E-state index contributed by atoms with van der Waals surface area (Å²) < 4.78 is 0. The number of rotatable bonds is 2. The first-order valence-electron chi connectivity index (χ1n) is 8.21. The Bertz CT molecular complexity index is 525. The van der Waals surface area contributed by atoms with E-state index in [9.17, 15) is 0 Å². The van der Waals surface area contributed by atoms with Crippen LogP contribution in [0.1, 0.15) is 75.7 Å². The number of allylic oxidation sites excluding steroid dienone is 8. The largest absolute Gasteiger partial charge is 0.0601 e. The summed E-state index contributed by atoms with van der Waals surface area (Å²) in [6.45, 7) is 23.4. The molecule has 0 heterocycles. The van der Waals surface area contributed by atoms with Crippen molar-refractivity contribution in [3.8, 4) is 0 Å². The molecule has 116 valence electrons. The van der Waals surface area contributed by atoms with Gasteiger partial charge in [0.05, 0.1) is 0 Å². The molecule has 0 fully saturated rings. The zero-order valence-electron chi connectivity index (χ0n) is 15.7. The van der Waals surface area contributed by atoms with Gasteiger partial charge in [0.2, 0.25) is 0 Å². The van der Waals surface area contributed by atoms with E-state index in [4.69, 9.17) is 0 Å². The molecule has 0 nitrogen and oxygen atoms in total. The van der Waals surface area contributed by atoms with E-state index < -0.39 is 0 Å². The summed E-state index contributed by atoms with van der Waals surface area (Å²) in [6, 6.07) is 0. The zero-order valence-corrected chi connectivity index (χ0v) is 15.7. The lowest BCUT2D eigenvalue weighted by molar-refractivity contribution is 0.306. The Labute approximate surface area is 131 Å². The summed E-state index contributed by atoms with van der Waals surface area (Å²) in [5.74, 6) is 0. The normalized spacial score (nSPS) is 24.9. The van der Waals surface area contributed by atoms with E-state index in [1.54, 1.807) is 22.3 Å². The fourth-order valence-electron chi connectivity index (χ4n) is 4.58. The van der Waals surface area contributed by atoms with E-state index >= 15 is 0 Å². The molecule has 0 bridgehead atoms. The van der Waals surface area contributed by atoms with Crippen molar-refractivity contribution in [2.45, 2.75) is 75.7 Å². The van der Waals surface area contributed by atoms with Crippen molar-refractivity contribution in [1.82, 2.24) is 0 Å². The quantitative estimate of drug-likeness (QED) is 0.525. The molecule has 0 unspecified atom stereocenters. The molecule has 21 heavy (non-hydrogen) atoms. The molecule has 0 aromatic rings. The molecule has 0 N–H and O–H groups in total. The first-order valence-corrected chi connectivity index (χ1v) is 8.21. The molecule has 0 radical (unpaired) electrons. The van der Waals surface area contributed by atoms with Gasteiger partial charge in [-0.2, -0.15) is 0 Å². The van der Waals surface area contributed by atoms with Crippen LogP contribution in [0.2, 0.25) is 0 Å². The average Bonchev–Trinajstić information content (AvgIpc) is 2.67. The minimum absolute atomic E-state index is 0.205. The van der Waals surface area contributed by atoms with Crippen LogP contribution in [-0.2, 0) is 0 Å². The van der Waals surface area contributed by atoms with E-state index in [-0.39, 0.29) is 10.8 Å². The van der Waals surface area contributed by atoms with Crippen LogP contribution in [0.25, 0.3) is 0 Å². The van der Waals surface area contributed by atoms with Crippen molar-refractivity contribution in [3.63, 3.8) is 0 Å². The molecular weight excluding hydrogens is 252 g/mol. The third-order valence-electron chi connectivity index (χ3n) is 7.39. The molecule has 0 aliphatic heterocycles. The minimum atomic E-state index is 0.205.